The van der Waals surface area contributed by atoms with Gasteiger partial charge in [0.2, 0.25) is 0 Å². The molecule has 0 aliphatic carbocycles. The molecule has 0 aliphatic heterocycles. The van der Waals surface area contributed by atoms with Crippen molar-refractivity contribution in [3.63, 3.8) is 0 Å². The molecule has 2 rings (SSSR count). The van der Waals surface area contributed by atoms with Crippen LogP contribution in [0, 0.1) is 10.1 Å². The lowest BCUT2D eigenvalue weighted by molar-refractivity contribution is -0.383. The molecule has 0 fully saturated rings. The third kappa shape index (κ3) is 3.81. The van der Waals surface area contributed by atoms with Crippen LogP contribution in [0.2, 0.25) is 0 Å². The van der Waals surface area contributed by atoms with Gasteiger partial charge in [0.1, 0.15) is 4.21 Å². The Bertz CT molecular complexity index is 771. The van der Waals surface area contributed by atoms with Crippen molar-refractivity contribution in [2.75, 3.05) is 18.1 Å². The summed E-state index contributed by atoms with van der Waals surface area (Å²) in [5.41, 5.74) is 0.350. The molecule has 1 atom stereocenters. The zero-order chi connectivity index (χ0) is 16.3. The predicted molar refractivity (Wildman–Crippen MR) is 84.0 cm³/mol. The van der Waals surface area contributed by atoms with Gasteiger partial charge in [-0.1, -0.05) is 41.7 Å². The minimum absolute atomic E-state index is 0.0363. The molecule has 1 aromatic carbocycles. The van der Waals surface area contributed by atoms with Crippen LogP contribution in [0.1, 0.15) is 11.7 Å². The van der Waals surface area contributed by atoms with Crippen molar-refractivity contribution in [1.29, 1.82) is 0 Å². The van der Waals surface area contributed by atoms with Crippen molar-refractivity contribution in [2.24, 2.45) is 0 Å². The van der Waals surface area contributed by atoms with Gasteiger partial charge in [0.15, 0.2) is 14.8 Å². The molecular formula is C13H14N2O5S2. The fourth-order valence-corrected chi connectivity index (χ4v) is 3.73. The van der Waals surface area contributed by atoms with Crippen molar-refractivity contribution in [3.05, 3.63) is 52.1 Å². The van der Waals surface area contributed by atoms with Gasteiger partial charge in [-0.2, -0.15) is 0 Å². The SMILES string of the molecule is CS(=O)(=O)c1cc([N+](=O)[O-])c(NCC(O)c2ccccc2)s1. The number of rotatable bonds is 6. The molecule has 0 spiro atoms. The molecule has 1 heterocycles. The lowest BCUT2D eigenvalue weighted by atomic mass is 10.1. The van der Waals surface area contributed by atoms with Crippen molar-refractivity contribution >= 4 is 31.9 Å². The summed E-state index contributed by atoms with van der Waals surface area (Å²) >= 11 is 0.780. The van der Waals surface area contributed by atoms with E-state index in [1.54, 1.807) is 24.3 Å². The normalized spacial score (nSPS) is 12.8. The minimum Gasteiger partial charge on any atom is -0.387 e. The van der Waals surface area contributed by atoms with E-state index in [9.17, 15) is 23.6 Å². The number of aliphatic hydroxyl groups is 1. The van der Waals surface area contributed by atoms with Gasteiger partial charge in [-0.3, -0.25) is 10.1 Å². The smallest absolute Gasteiger partial charge is 0.304 e. The Labute approximate surface area is 131 Å². The average Bonchev–Trinajstić information content (AvgIpc) is 2.90. The summed E-state index contributed by atoms with van der Waals surface area (Å²) in [6.45, 7) is 0.0363. The maximum absolute atomic E-state index is 11.5. The van der Waals surface area contributed by atoms with E-state index in [0.29, 0.717) is 5.56 Å². The monoisotopic (exact) mass is 342 g/mol. The number of hydrogen-bond donors (Lipinski definition) is 2. The van der Waals surface area contributed by atoms with Crippen LogP contribution in [0.3, 0.4) is 0 Å². The molecular weight excluding hydrogens is 328 g/mol. The van der Waals surface area contributed by atoms with E-state index in [2.05, 4.69) is 5.32 Å². The summed E-state index contributed by atoms with van der Waals surface area (Å²) in [5.74, 6) is 0. The molecule has 0 radical (unpaired) electrons. The van der Waals surface area contributed by atoms with Crippen molar-refractivity contribution in [2.45, 2.75) is 10.3 Å². The Morgan fingerprint density at radius 1 is 1.36 bits per heavy atom. The van der Waals surface area contributed by atoms with Gasteiger partial charge in [0.05, 0.1) is 11.0 Å². The second-order valence-electron chi connectivity index (χ2n) is 4.62. The molecule has 2 aromatic rings. The second-order valence-corrected chi connectivity index (χ2v) is 7.91. The fourth-order valence-electron chi connectivity index (χ4n) is 1.79. The maximum atomic E-state index is 11.5. The van der Waals surface area contributed by atoms with Crippen molar-refractivity contribution in [3.8, 4) is 0 Å². The highest BCUT2D eigenvalue weighted by Crippen LogP contribution is 2.37. The average molecular weight is 342 g/mol. The molecule has 22 heavy (non-hydrogen) atoms. The third-order valence-electron chi connectivity index (χ3n) is 2.89. The Hall–Kier alpha value is -1.97. The topological polar surface area (TPSA) is 110 Å². The van der Waals surface area contributed by atoms with Gasteiger partial charge in [0, 0.05) is 18.9 Å². The van der Waals surface area contributed by atoms with E-state index in [1.165, 1.54) is 0 Å². The van der Waals surface area contributed by atoms with Crippen LogP contribution in [-0.4, -0.2) is 31.2 Å². The summed E-state index contributed by atoms with van der Waals surface area (Å²) < 4.78 is 22.9. The van der Waals surface area contributed by atoms with E-state index >= 15 is 0 Å². The van der Waals surface area contributed by atoms with Crippen LogP contribution in [0.15, 0.2) is 40.6 Å². The van der Waals surface area contributed by atoms with E-state index in [0.717, 1.165) is 23.7 Å². The van der Waals surface area contributed by atoms with Gasteiger partial charge in [-0.15, -0.1) is 0 Å². The number of hydrogen-bond acceptors (Lipinski definition) is 7. The number of nitro groups is 1. The third-order valence-corrected chi connectivity index (χ3v) is 5.78. The van der Waals surface area contributed by atoms with Crippen LogP contribution in [0.25, 0.3) is 0 Å². The lowest BCUT2D eigenvalue weighted by Crippen LogP contribution is -2.11. The van der Waals surface area contributed by atoms with Gasteiger partial charge in [0.25, 0.3) is 0 Å². The number of benzene rings is 1. The summed E-state index contributed by atoms with van der Waals surface area (Å²) in [7, 11) is -3.52. The first-order chi connectivity index (χ1) is 10.3. The zero-order valence-corrected chi connectivity index (χ0v) is 13.2. The zero-order valence-electron chi connectivity index (χ0n) is 11.6. The van der Waals surface area contributed by atoms with Crippen LogP contribution in [-0.2, 0) is 9.84 Å². The molecule has 2 N–H and O–H groups in total. The largest absolute Gasteiger partial charge is 0.387 e. The molecule has 7 nitrogen and oxygen atoms in total. The Balaban J connectivity index is 2.19. The van der Waals surface area contributed by atoms with E-state index in [-0.39, 0.29) is 21.4 Å². The summed E-state index contributed by atoms with van der Waals surface area (Å²) in [6, 6.07) is 9.85. The van der Waals surface area contributed by atoms with Gasteiger partial charge in [-0.05, 0) is 5.56 Å². The Kier molecular flexibility index (Phi) is 4.79. The molecule has 1 aromatic heterocycles. The van der Waals surface area contributed by atoms with Crippen molar-refractivity contribution in [1.82, 2.24) is 0 Å². The lowest BCUT2D eigenvalue weighted by Gasteiger charge is -2.11. The highest BCUT2D eigenvalue weighted by Gasteiger charge is 2.24. The van der Waals surface area contributed by atoms with Gasteiger partial charge in [-0.25, -0.2) is 8.42 Å². The number of anilines is 1. The van der Waals surface area contributed by atoms with Crippen LogP contribution >= 0.6 is 11.3 Å². The number of sulfone groups is 1. The molecule has 0 bridgehead atoms. The number of nitrogens with one attached hydrogen (secondary N) is 1. The number of nitrogens with zero attached hydrogens (tertiary/aromatic N) is 1. The second kappa shape index (κ2) is 6.42. The van der Waals surface area contributed by atoms with E-state index in [1.807, 2.05) is 6.07 Å². The van der Waals surface area contributed by atoms with Gasteiger partial charge < -0.3 is 10.4 Å². The quantitative estimate of drug-likeness (QED) is 0.615. The molecule has 0 amide bonds. The summed E-state index contributed by atoms with van der Waals surface area (Å²) in [6.07, 6.45) is 0.134. The predicted octanol–water partition coefficient (Wildman–Crippen LogP) is 2.21. The molecule has 9 heteroatoms. The van der Waals surface area contributed by atoms with Crippen LogP contribution in [0.4, 0.5) is 10.7 Å². The maximum Gasteiger partial charge on any atom is 0.304 e. The highest BCUT2D eigenvalue weighted by atomic mass is 32.2. The Morgan fingerprint density at radius 2 is 2.00 bits per heavy atom. The number of thiophene rings is 1. The first kappa shape index (κ1) is 16.4. The summed E-state index contributed by atoms with van der Waals surface area (Å²) in [5, 5.41) is 23.9. The molecule has 1 unspecified atom stereocenters. The van der Waals surface area contributed by atoms with Gasteiger partial charge >= 0.3 is 5.69 Å². The number of aliphatic hydroxyl groups excluding tert-OH is 1. The molecule has 118 valence electrons. The molecule has 0 saturated carbocycles. The van der Waals surface area contributed by atoms with E-state index < -0.39 is 20.9 Å². The molecule has 0 aliphatic rings. The Morgan fingerprint density at radius 3 is 2.55 bits per heavy atom. The fraction of sp³-hybridized carbons (Fsp3) is 0.231. The van der Waals surface area contributed by atoms with E-state index in [4.69, 9.17) is 0 Å². The highest BCUT2D eigenvalue weighted by molar-refractivity contribution is 7.92. The minimum atomic E-state index is -3.52. The first-order valence-electron chi connectivity index (χ1n) is 6.24. The summed E-state index contributed by atoms with van der Waals surface area (Å²) in [4.78, 5) is 10.3. The standard InChI is InChI=1S/C13H14N2O5S2/c1-22(19,20)12-7-10(15(17)18)13(21-12)14-8-11(16)9-5-3-2-4-6-9/h2-7,11,14,16H,8H2,1H3. The van der Waals surface area contributed by atoms with Crippen LogP contribution in [0.5, 0.6) is 0 Å². The van der Waals surface area contributed by atoms with Crippen molar-refractivity contribution < 1.29 is 18.4 Å². The first-order valence-corrected chi connectivity index (χ1v) is 8.95. The van der Waals surface area contributed by atoms with Crippen LogP contribution < -0.4 is 5.32 Å². The molecule has 0 saturated heterocycles.